The topological polar surface area (TPSA) is 91.9 Å². The highest BCUT2D eigenvalue weighted by Crippen LogP contribution is 2.31. The van der Waals surface area contributed by atoms with E-state index in [0.717, 1.165) is 39.3 Å². The number of thiophene rings is 1. The first-order chi connectivity index (χ1) is 17.2. The number of benzene rings is 2. The largest absolute Gasteiger partial charge is 0.573 e. The number of aryl methyl sites for hydroxylation is 1. The van der Waals surface area contributed by atoms with E-state index >= 15 is 0 Å². The van der Waals surface area contributed by atoms with E-state index in [-0.39, 0.29) is 5.69 Å². The number of alkyl halides is 3. The summed E-state index contributed by atoms with van der Waals surface area (Å²) in [5.74, 6) is -0.558. The molecule has 0 aliphatic heterocycles. The summed E-state index contributed by atoms with van der Waals surface area (Å²) in [6, 6.07) is 15.9. The minimum absolute atomic E-state index is 0.165. The molecule has 0 radical (unpaired) electrons. The van der Waals surface area contributed by atoms with Gasteiger partial charge in [0.2, 0.25) is 5.95 Å². The molecule has 0 atom stereocenters. The number of hydrogen-bond donors (Lipinski definition) is 3. The molecule has 5 rings (SSSR count). The van der Waals surface area contributed by atoms with Crippen LogP contribution in [0.2, 0.25) is 0 Å². The maximum absolute atomic E-state index is 12.8. The number of aromatic nitrogens is 3. The van der Waals surface area contributed by atoms with Crippen molar-refractivity contribution in [1.29, 1.82) is 0 Å². The molecule has 2 aromatic carbocycles. The molecular formula is C25H18F3N5O2S. The van der Waals surface area contributed by atoms with Crippen LogP contribution in [0, 0.1) is 6.92 Å². The maximum atomic E-state index is 12.8. The van der Waals surface area contributed by atoms with Gasteiger partial charge in [-0.05, 0) is 54.3 Å². The summed E-state index contributed by atoms with van der Waals surface area (Å²) in [6.07, 6.45) is -3.03. The number of halogens is 3. The van der Waals surface area contributed by atoms with Crippen molar-refractivity contribution in [2.24, 2.45) is 0 Å². The Labute approximate surface area is 207 Å². The number of fused-ring (bicyclic) bond motifs is 1. The van der Waals surface area contributed by atoms with Crippen LogP contribution in [-0.2, 0) is 0 Å². The molecule has 0 fully saturated rings. The zero-order chi connectivity index (χ0) is 25.3. The standard InChI is InChI=1S/C25H18F3N5O2S/c1-14-7-8-15(23(34)30-16-4-2-5-17(13-16)35-25(26,27)28)12-19(14)32-24-31-18-9-10-29-21(18)22(33-24)20-6-3-11-36-20/h2-13,29H,1H3,(H,30,34)(H,31,32,33). The fraction of sp³-hybridized carbons (Fsp3) is 0.0800. The predicted octanol–water partition coefficient (Wildman–Crippen LogP) is 6.89. The number of carbonyl (C=O) groups is 1. The lowest BCUT2D eigenvalue weighted by Gasteiger charge is -2.13. The summed E-state index contributed by atoms with van der Waals surface area (Å²) in [4.78, 5) is 26.2. The van der Waals surface area contributed by atoms with Gasteiger partial charge in [-0.1, -0.05) is 18.2 Å². The van der Waals surface area contributed by atoms with Crippen LogP contribution in [-0.4, -0.2) is 27.2 Å². The van der Waals surface area contributed by atoms with Crippen molar-refractivity contribution < 1.29 is 22.7 Å². The Bertz CT molecular complexity index is 1550. The van der Waals surface area contributed by atoms with Gasteiger partial charge in [-0.3, -0.25) is 4.79 Å². The lowest BCUT2D eigenvalue weighted by molar-refractivity contribution is -0.274. The van der Waals surface area contributed by atoms with Crippen LogP contribution in [0.3, 0.4) is 0 Å². The van der Waals surface area contributed by atoms with Crippen LogP contribution < -0.4 is 15.4 Å². The minimum Gasteiger partial charge on any atom is -0.406 e. The van der Waals surface area contributed by atoms with E-state index in [1.54, 1.807) is 35.7 Å². The van der Waals surface area contributed by atoms with Gasteiger partial charge in [0.25, 0.3) is 5.91 Å². The first-order valence-electron chi connectivity index (χ1n) is 10.7. The van der Waals surface area contributed by atoms with Crippen molar-refractivity contribution in [3.8, 4) is 16.3 Å². The van der Waals surface area contributed by atoms with Gasteiger partial charge in [0, 0.05) is 29.2 Å². The number of aromatic amines is 1. The van der Waals surface area contributed by atoms with Crippen LogP contribution in [0.25, 0.3) is 21.6 Å². The molecule has 0 unspecified atom stereocenters. The molecular weight excluding hydrogens is 491 g/mol. The number of nitrogens with zero attached hydrogens (tertiary/aromatic N) is 2. The first kappa shape index (κ1) is 23.4. The van der Waals surface area contributed by atoms with Gasteiger partial charge in [0.15, 0.2) is 0 Å². The van der Waals surface area contributed by atoms with E-state index in [4.69, 9.17) is 0 Å². The highest BCUT2D eigenvalue weighted by Gasteiger charge is 2.31. The Morgan fingerprint density at radius 2 is 1.92 bits per heavy atom. The van der Waals surface area contributed by atoms with Crippen LogP contribution in [0.15, 0.2) is 72.2 Å². The molecule has 182 valence electrons. The lowest BCUT2D eigenvalue weighted by atomic mass is 10.1. The van der Waals surface area contributed by atoms with Gasteiger partial charge in [-0.15, -0.1) is 24.5 Å². The summed E-state index contributed by atoms with van der Waals surface area (Å²) in [6.45, 7) is 1.87. The molecule has 3 heterocycles. The predicted molar refractivity (Wildman–Crippen MR) is 133 cm³/mol. The van der Waals surface area contributed by atoms with Crippen molar-refractivity contribution in [2.45, 2.75) is 13.3 Å². The number of ether oxygens (including phenoxy) is 1. The molecule has 0 bridgehead atoms. The normalized spacial score (nSPS) is 11.4. The average molecular weight is 510 g/mol. The van der Waals surface area contributed by atoms with E-state index in [0.29, 0.717) is 17.2 Å². The zero-order valence-electron chi connectivity index (χ0n) is 18.7. The van der Waals surface area contributed by atoms with Crippen molar-refractivity contribution >= 4 is 45.6 Å². The van der Waals surface area contributed by atoms with Gasteiger partial charge in [0.05, 0.1) is 15.9 Å². The summed E-state index contributed by atoms with van der Waals surface area (Å²) in [7, 11) is 0. The molecule has 3 N–H and O–H groups in total. The monoisotopic (exact) mass is 509 g/mol. The van der Waals surface area contributed by atoms with Crippen molar-refractivity contribution in [1.82, 2.24) is 15.0 Å². The molecule has 0 saturated heterocycles. The lowest BCUT2D eigenvalue weighted by Crippen LogP contribution is -2.17. The number of anilines is 3. The number of H-pyrrole nitrogens is 1. The Morgan fingerprint density at radius 3 is 2.69 bits per heavy atom. The second-order valence-corrected chi connectivity index (χ2v) is 8.74. The molecule has 5 aromatic rings. The van der Waals surface area contributed by atoms with Crippen LogP contribution in [0.1, 0.15) is 15.9 Å². The summed E-state index contributed by atoms with van der Waals surface area (Å²) in [5.41, 5.74) is 4.25. The molecule has 36 heavy (non-hydrogen) atoms. The van der Waals surface area contributed by atoms with Crippen molar-refractivity contribution in [2.75, 3.05) is 10.6 Å². The number of nitrogens with one attached hydrogen (secondary N) is 3. The fourth-order valence-electron chi connectivity index (χ4n) is 3.59. The number of rotatable bonds is 6. The average Bonchev–Trinajstić information content (AvgIpc) is 3.51. The molecule has 0 spiro atoms. The second-order valence-electron chi connectivity index (χ2n) is 7.80. The zero-order valence-corrected chi connectivity index (χ0v) is 19.5. The maximum Gasteiger partial charge on any atom is 0.573 e. The van der Waals surface area contributed by atoms with Crippen molar-refractivity contribution in [3.05, 3.63) is 83.4 Å². The number of amides is 1. The van der Waals surface area contributed by atoms with Gasteiger partial charge in [-0.2, -0.15) is 0 Å². The van der Waals surface area contributed by atoms with E-state index < -0.39 is 18.0 Å². The Balaban J connectivity index is 1.40. The quantitative estimate of drug-likeness (QED) is 0.232. The Morgan fingerprint density at radius 1 is 1.06 bits per heavy atom. The Hall–Kier alpha value is -4.38. The van der Waals surface area contributed by atoms with E-state index in [9.17, 15) is 18.0 Å². The van der Waals surface area contributed by atoms with Gasteiger partial charge in [0.1, 0.15) is 11.4 Å². The van der Waals surface area contributed by atoms with Crippen molar-refractivity contribution in [3.63, 3.8) is 0 Å². The molecule has 0 saturated carbocycles. The van der Waals surface area contributed by atoms with E-state index in [2.05, 4.69) is 30.3 Å². The van der Waals surface area contributed by atoms with E-state index in [1.807, 2.05) is 30.5 Å². The van der Waals surface area contributed by atoms with Gasteiger partial charge < -0.3 is 20.4 Å². The Kier molecular flexibility index (Phi) is 6.06. The molecule has 1 amide bonds. The van der Waals surface area contributed by atoms with Crippen LogP contribution >= 0.6 is 11.3 Å². The first-order valence-corrected chi connectivity index (χ1v) is 11.6. The number of hydrogen-bond acceptors (Lipinski definition) is 6. The highest BCUT2D eigenvalue weighted by atomic mass is 32.1. The SMILES string of the molecule is Cc1ccc(C(=O)Nc2cccc(OC(F)(F)F)c2)cc1Nc1nc(-c2cccs2)c2[nH]ccc2n1. The summed E-state index contributed by atoms with van der Waals surface area (Å²) >= 11 is 1.56. The summed E-state index contributed by atoms with van der Waals surface area (Å²) < 4.78 is 41.4. The third-order valence-electron chi connectivity index (χ3n) is 5.23. The van der Waals surface area contributed by atoms with Crippen LogP contribution in [0.5, 0.6) is 5.75 Å². The summed E-state index contributed by atoms with van der Waals surface area (Å²) in [5, 5.41) is 7.76. The third-order valence-corrected chi connectivity index (χ3v) is 6.11. The molecule has 3 aromatic heterocycles. The molecule has 0 aliphatic carbocycles. The number of carbonyl (C=O) groups excluding carboxylic acids is 1. The van der Waals surface area contributed by atoms with E-state index in [1.165, 1.54) is 12.1 Å². The minimum atomic E-state index is -4.82. The molecule has 0 aliphatic rings. The second kappa shape index (κ2) is 9.34. The molecule has 7 nitrogen and oxygen atoms in total. The molecule has 11 heteroatoms. The van der Waals surface area contributed by atoms with Gasteiger partial charge in [-0.25, -0.2) is 9.97 Å². The highest BCUT2D eigenvalue weighted by molar-refractivity contribution is 7.13. The third kappa shape index (κ3) is 5.15. The smallest absolute Gasteiger partial charge is 0.406 e. The fourth-order valence-corrected chi connectivity index (χ4v) is 4.31. The van der Waals surface area contributed by atoms with Crippen LogP contribution in [0.4, 0.5) is 30.5 Å². The van der Waals surface area contributed by atoms with Gasteiger partial charge >= 0.3 is 6.36 Å².